The standard InChI is InChI=1S/C23H24N4O4S/c1-18-14-21(8-9-22(18)31-2)32(29,30)27(16-20-6-4-3-5-7-20)17-23(28)26-25-15-19-10-12-24-13-11-19/h3-15H,16-17H2,1-2H3,(H,26,28). The summed E-state index contributed by atoms with van der Waals surface area (Å²) in [6.07, 6.45) is 4.67. The van der Waals surface area contributed by atoms with Crippen LogP contribution in [-0.4, -0.2) is 43.5 Å². The number of ether oxygens (including phenoxy) is 1. The Bertz CT molecular complexity index is 1180. The Labute approximate surface area is 187 Å². The van der Waals surface area contributed by atoms with Crippen LogP contribution in [0, 0.1) is 6.92 Å². The number of aryl methyl sites for hydroxylation is 1. The SMILES string of the molecule is COc1ccc(S(=O)(=O)N(CC(=O)NN=Cc2ccncc2)Cc2ccccc2)cc1C. The molecule has 0 fully saturated rings. The second kappa shape index (κ2) is 10.7. The van der Waals surface area contributed by atoms with E-state index in [4.69, 9.17) is 4.74 Å². The molecule has 166 valence electrons. The van der Waals surface area contributed by atoms with Gasteiger partial charge in [0.1, 0.15) is 5.75 Å². The zero-order valence-electron chi connectivity index (χ0n) is 17.8. The van der Waals surface area contributed by atoms with Gasteiger partial charge in [-0.1, -0.05) is 30.3 Å². The number of aromatic nitrogens is 1. The van der Waals surface area contributed by atoms with Crippen LogP contribution in [0.15, 0.2) is 83.1 Å². The van der Waals surface area contributed by atoms with Gasteiger partial charge in [-0.05, 0) is 53.9 Å². The first-order chi connectivity index (χ1) is 15.4. The molecular formula is C23H24N4O4S. The molecular weight excluding hydrogens is 428 g/mol. The highest BCUT2D eigenvalue weighted by Crippen LogP contribution is 2.24. The minimum absolute atomic E-state index is 0.0374. The van der Waals surface area contributed by atoms with E-state index in [0.29, 0.717) is 11.3 Å². The maximum atomic E-state index is 13.4. The summed E-state index contributed by atoms with van der Waals surface area (Å²) in [5.41, 5.74) is 4.58. The highest BCUT2D eigenvalue weighted by atomic mass is 32.2. The van der Waals surface area contributed by atoms with Crippen LogP contribution in [0.25, 0.3) is 0 Å². The van der Waals surface area contributed by atoms with Crippen molar-refractivity contribution in [3.8, 4) is 5.75 Å². The van der Waals surface area contributed by atoms with Gasteiger partial charge < -0.3 is 4.74 Å². The Morgan fingerprint density at radius 2 is 1.84 bits per heavy atom. The molecule has 1 N–H and O–H groups in total. The van der Waals surface area contributed by atoms with Crippen molar-refractivity contribution in [1.82, 2.24) is 14.7 Å². The molecule has 3 rings (SSSR count). The molecule has 0 spiro atoms. The van der Waals surface area contributed by atoms with Crippen molar-refractivity contribution in [2.45, 2.75) is 18.4 Å². The Hall–Kier alpha value is -3.56. The van der Waals surface area contributed by atoms with E-state index in [2.05, 4.69) is 15.5 Å². The lowest BCUT2D eigenvalue weighted by atomic mass is 10.2. The molecule has 1 aromatic heterocycles. The topological polar surface area (TPSA) is 101 Å². The summed E-state index contributed by atoms with van der Waals surface area (Å²) < 4.78 is 33.1. The van der Waals surface area contributed by atoms with Crippen LogP contribution in [0.3, 0.4) is 0 Å². The van der Waals surface area contributed by atoms with Crippen molar-refractivity contribution in [1.29, 1.82) is 0 Å². The van der Waals surface area contributed by atoms with Crippen molar-refractivity contribution in [2.24, 2.45) is 5.10 Å². The number of amides is 1. The van der Waals surface area contributed by atoms with Crippen LogP contribution >= 0.6 is 0 Å². The molecule has 8 nitrogen and oxygen atoms in total. The van der Waals surface area contributed by atoms with Gasteiger partial charge in [-0.3, -0.25) is 9.78 Å². The number of sulfonamides is 1. The van der Waals surface area contributed by atoms with Gasteiger partial charge >= 0.3 is 0 Å². The molecule has 0 radical (unpaired) electrons. The van der Waals surface area contributed by atoms with E-state index in [1.165, 1.54) is 25.5 Å². The van der Waals surface area contributed by atoms with Gasteiger partial charge in [0, 0.05) is 18.9 Å². The quantitative estimate of drug-likeness (QED) is 0.397. The van der Waals surface area contributed by atoms with E-state index in [1.807, 2.05) is 18.2 Å². The number of methoxy groups -OCH3 is 1. The third-order valence-corrected chi connectivity index (χ3v) is 6.42. The predicted molar refractivity (Wildman–Crippen MR) is 122 cm³/mol. The molecule has 0 atom stereocenters. The summed E-state index contributed by atoms with van der Waals surface area (Å²) in [6.45, 7) is 1.41. The van der Waals surface area contributed by atoms with Gasteiger partial charge in [-0.2, -0.15) is 9.41 Å². The number of nitrogens with zero attached hydrogens (tertiary/aromatic N) is 3. The van der Waals surface area contributed by atoms with E-state index < -0.39 is 22.5 Å². The largest absolute Gasteiger partial charge is 0.496 e. The van der Waals surface area contributed by atoms with E-state index in [0.717, 1.165) is 15.4 Å². The molecule has 0 saturated carbocycles. The number of hydrogen-bond acceptors (Lipinski definition) is 6. The molecule has 1 heterocycles. The number of nitrogens with one attached hydrogen (secondary N) is 1. The maximum Gasteiger partial charge on any atom is 0.255 e. The van der Waals surface area contributed by atoms with Crippen LogP contribution in [0.4, 0.5) is 0 Å². The zero-order valence-corrected chi connectivity index (χ0v) is 18.6. The van der Waals surface area contributed by atoms with Gasteiger partial charge in [0.25, 0.3) is 5.91 Å². The Morgan fingerprint density at radius 1 is 1.12 bits per heavy atom. The first kappa shape index (κ1) is 23.1. The molecule has 32 heavy (non-hydrogen) atoms. The van der Waals surface area contributed by atoms with Gasteiger partial charge in [0.05, 0.1) is 24.8 Å². The predicted octanol–water partition coefficient (Wildman–Crippen LogP) is 2.74. The highest BCUT2D eigenvalue weighted by Gasteiger charge is 2.27. The summed E-state index contributed by atoms with van der Waals surface area (Å²) in [4.78, 5) is 16.5. The van der Waals surface area contributed by atoms with E-state index >= 15 is 0 Å². The summed E-state index contributed by atoms with van der Waals surface area (Å²) in [5.74, 6) is 0.0294. The maximum absolute atomic E-state index is 13.4. The molecule has 0 saturated heterocycles. The Kier molecular flexibility index (Phi) is 7.69. The molecule has 0 unspecified atom stereocenters. The summed E-state index contributed by atoms with van der Waals surface area (Å²) in [5, 5.41) is 3.90. The minimum Gasteiger partial charge on any atom is -0.496 e. The lowest BCUT2D eigenvalue weighted by molar-refractivity contribution is -0.121. The van der Waals surface area contributed by atoms with Gasteiger partial charge in [-0.15, -0.1) is 0 Å². The molecule has 9 heteroatoms. The van der Waals surface area contributed by atoms with Crippen LogP contribution in [-0.2, 0) is 21.4 Å². The lowest BCUT2D eigenvalue weighted by Gasteiger charge is -2.22. The van der Waals surface area contributed by atoms with Gasteiger partial charge in [0.15, 0.2) is 0 Å². The average molecular weight is 453 g/mol. The van der Waals surface area contributed by atoms with Crippen molar-refractivity contribution in [3.63, 3.8) is 0 Å². The van der Waals surface area contributed by atoms with Gasteiger partial charge in [-0.25, -0.2) is 13.8 Å². The van der Waals surface area contributed by atoms with Crippen LogP contribution < -0.4 is 10.2 Å². The highest BCUT2D eigenvalue weighted by molar-refractivity contribution is 7.89. The third-order valence-electron chi connectivity index (χ3n) is 4.63. The Balaban J connectivity index is 1.82. The molecule has 0 aliphatic rings. The number of carbonyl (C=O) groups is 1. The summed E-state index contributed by atoms with van der Waals surface area (Å²) in [7, 11) is -2.44. The molecule has 2 aromatic carbocycles. The fourth-order valence-corrected chi connectivity index (χ4v) is 4.47. The molecule has 0 bridgehead atoms. The van der Waals surface area contributed by atoms with E-state index in [9.17, 15) is 13.2 Å². The minimum atomic E-state index is -3.96. The zero-order chi connectivity index (χ0) is 23.0. The first-order valence-corrected chi connectivity index (χ1v) is 11.2. The fraction of sp³-hybridized carbons (Fsp3) is 0.174. The number of pyridine rings is 1. The van der Waals surface area contributed by atoms with Crippen molar-refractivity contribution in [2.75, 3.05) is 13.7 Å². The second-order valence-corrected chi connectivity index (χ2v) is 8.90. The number of hydrazone groups is 1. The van der Waals surface area contributed by atoms with E-state index in [1.54, 1.807) is 49.6 Å². The lowest BCUT2D eigenvalue weighted by Crippen LogP contribution is -2.39. The Morgan fingerprint density at radius 3 is 2.50 bits per heavy atom. The normalized spacial score (nSPS) is 11.6. The average Bonchev–Trinajstić information content (AvgIpc) is 2.80. The van der Waals surface area contributed by atoms with Crippen LogP contribution in [0.2, 0.25) is 0 Å². The molecule has 1 amide bonds. The van der Waals surface area contributed by atoms with E-state index in [-0.39, 0.29) is 11.4 Å². The van der Waals surface area contributed by atoms with Crippen molar-refractivity contribution >= 4 is 22.1 Å². The summed E-state index contributed by atoms with van der Waals surface area (Å²) in [6, 6.07) is 17.2. The summed E-state index contributed by atoms with van der Waals surface area (Å²) >= 11 is 0. The second-order valence-electron chi connectivity index (χ2n) is 6.96. The number of benzene rings is 2. The number of rotatable bonds is 9. The van der Waals surface area contributed by atoms with Crippen LogP contribution in [0.5, 0.6) is 5.75 Å². The number of hydrogen-bond donors (Lipinski definition) is 1. The molecule has 3 aromatic rings. The van der Waals surface area contributed by atoms with Gasteiger partial charge in [0.2, 0.25) is 10.0 Å². The van der Waals surface area contributed by atoms with Crippen molar-refractivity contribution in [3.05, 3.63) is 89.7 Å². The fourth-order valence-electron chi connectivity index (χ4n) is 3.00. The smallest absolute Gasteiger partial charge is 0.255 e. The van der Waals surface area contributed by atoms with Crippen molar-refractivity contribution < 1.29 is 17.9 Å². The monoisotopic (exact) mass is 452 g/mol. The van der Waals surface area contributed by atoms with Crippen LogP contribution in [0.1, 0.15) is 16.7 Å². The number of carbonyl (C=O) groups excluding carboxylic acids is 1. The molecule has 0 aliphatic heterocycles. The first-order valence-electron chi connectivity index (χ1n) is 9.81. The third kappa shape index (κ3) is 5.99. The molecule has 0 aliphatic carbocycles.